The van der Waals surface area contributed by atoms with Crippen LogP contribution in [0.5, 0.6) is 0 Å². The van der Waals surface area contributed by atoms with E-state index >= 15 is 0 Å². The topological polar surface area (TPSA) is 66.4 Å². The van der Waals surface area contributed by atoms with Gasteiger partial charge in [-0.1, -0.05) is 24.6 Å². The van der Waals surface area contributed by atoms with Crippen molar-refractivity contribution in [2.45, 2.75) is 27.2 Å². The van der Waals surface area contributed by atoms with Gasteiger partial charge < -0.3 is 10.4 Å². The highest BCUT2D eigenvalue weighted by Crippen LogP contribution is 2.10. The Kier molecular flexibility index (Phi) is 4.89. The molecule has 0 bridgehead atoms. The normalized spacial score (nSPS) is 11.9. The predicted molar refractivity (Wildman–Crippen MR) is 69.7 cm³/mol. The number of rotatable bonds is 5. The van der Waals surface area contributed by atoms with E-state index < -0.39 is 11.9 Å². The lowest BCUT2D eigenvalue weighted by Crippen LogP contribution is -2.27. The molecule has 0 aliphatic heterocycles. The summed E-state index contributed by atoms with van der Waals surface area (Å²) in [5, 5.41) is 11.5. The van der Waals surface area contributed by atoms with Crippen molar-refractivity contribution in [2.75, 3.05) is 6.54 Å². The van der Waals surface area contributed by atoms with Crippen LogP contribution >= 0.6 is 0 Å². The second-order valence-electron chi connectivity index (χ2n) is 4.60. The molecule has 1 rings (SSSR count). The number of carboxylic acids is 1. The van der Waals surface area contributed by atoms with Gasteiger partial charge in [0.05, 0.1) is 5.92 Å². The van der Waals surface area contributed by atoms with E-state index in [9.17, 15) is 9.59 Å². The number of carbonyl (C=O) groups is 2. The first-order valence-corrected chi connectivity index (χ1v) is 6.00. The van der Waals surface area contributed by atoms with E-state index in [-0.39, 0.29) is 5.91 Å². The zero-order chi connectivity index (χ0) is 13.7. The molecule has 0 heterocycles. The molecular formula is C14H19NO3. The van der Waals surface area contributed by atoms with Crippen LogP contribution in [0.25, 0.3) is 0 Å². The van der Waals surface area contributed by atoms with E-state index in [1.54, 1.807) is 13.0 Å². The van der Waals surface area contributed by atoms with E-state index in [0.717, 1.165) is 11.1 Å². The summed E-state index contributed by atoms with van der Waals surface area (Å²) in [5.74, 6) is -1.43. The molecule has 1 aromatic rings. The Hall–Kier alpha value is -1.84. The molecule has 0 radical (unpaired) electrons. The summed E-state index contributed by atoms with van der Waals surface area (Å²) in [6.45, 7) is 5.87. The first kappa shape index (κ1) is 14.2. The zero-order valence-electron chi connectivity index (χ0n) is 11.0. The van der Waals surface area contributed by atoms with Crippen molar-refractivity contribution in [3.05, 3.63) is 34.9 Å². The van der Waals surface area contributed by atoms with Gasteiger partial charge >= 0.3 is 5.97 Å². The molecule has 0 saturated heterocycles. The number of benzene rings is 1. The van der Waals surface area contributed by atoms with Gasteiger partial charge in [0, 0.05) is 12.1 Å². The lowest BCUT2D eigenvalue weighted by molar-refractivity contribution is -0.141. The van der Waals surface area contributed by atoms with Crippen LogP contribution in [0.3, 0.4) is 0 Å². The van der Waals surface area contributed by atoms with E-state index in [2.05, 4.69) is 5.32 Å². The number of amides is 1. The molecule has 1 atom stereocenters. The minimum Gasteiger partial charge on any atom is -0.481 e. The molecular weight excluding hydrogens is 230 g/mol. The summed E-state index contributed by atoms with van der Waals surface area (Å²) >= 11 is 0. The van der Waals surface area contributed by atoms with Crippen LogP contribution in [-0.4, -0.2) is 23.5 Å². The number of aryl methyl sites for hydroxylation is 2. The van der Waals surface area contributed by atoms with Gasteiger partial charge in [0.15, 0.2) is 0 Å². The maximum atomic E-state index is 11.9. The predicted octanol–water partition coefficient (Wildman–Crippen LogP) is 2.14. The molecule has 2 N–H and O–H groups in total. The Morgan fingerprint density at radius 3 is 2.56 bits per heavy atom. The molecule has 4 nitrogen and oxygen atoms in total. The Labute approximate surface area is 107 Å². The Balaban J connectivity index is 2.53. The van der Waals surface area contributed by atoms with E-state index in [4.69, 9.17) is 5.11 Å². The first-order chi connectivity index (χ1) is 8.41. The van der Waals surface area contributed by atoms with E-state index in [0.29, 0.717) is 18.5 Å². The fourth-order valence-electron chi connectivity index (χ4n) is 1.69. The van der Waals surface area contributed by atoms with Crippen molar-refractivity contribution in [1.82, 2.24) is 5.32 Å². The van der Waals surface area contributed by atoms with Crippen LogP contribution in [0.2, 0.25) is 0 Å². The minimum absolute atomic E-state index is 0.148. The minimum atomic E-state index is -0.837. The van der Waals surface area contributed by atoms with Gasteiger partial charge in [-0.3, -0.25) is 9.59 Å². The molecule has 1 aromatic carbocycles. The van der Waals surface area contributed by atoms with E-state index in [1.165, 1.54) is 0 Å². The second kappa shape index (κ2) is 6.19. The summed E-state index contributed by atoms with van der Waals surface area (Å²) in [7, 11) is 0. The molecule has 0 saturated carbocycles. The van der Waals surface area contributed by atoms with Gasteiger partial charge in [-0.15, -0.1) is 0 Å². The van der Waals surface area contributed by atoms with Crippen LogP contribution < -0.4 is 5.32 Å². The summed E-state index contributed by atoms with van der Waals surface area (Å²) in [6.07, 6.45) is 0.436. The number of hydrogen-bond donors (Lipinski definition) is 2. The third-order valence-electron chi connectivity index (χ3n) is 2.91. The first-order valence-electron chi connectivity index (χ1n) is 6.00. The second-order valence-corrected chi connectivity index (χ2v) is 4.60. The number of aliphatic carboxylic acids is 1. The van der Waals surface area contributed by atoms with Gasteiger partial charge in [-0.05, 0) is 31.9 Å². The standard InChI is InChI=1S/C14H19NO3/c1-9-4-5-12(11(3)8-9)13(16)15-7-6-10(2)14(17)18/h4-5,8,10H,6-7H2,1-3H3,(H,15,16)(H,17,18). The van der Waals surface area contributed by atoms with Crippen LogP contribution in [0.15, 0.2) is 18.2 Å². The highest BCUT2D eigenvalue weighted by Gasteiger charge is 2.12. The van der Waals surface area contributed by atoms with Crippen LogP contribution in [0.4, 0.5) is 0 Å². The van der Waals surface area contributed by atoms with Crippen molar-refractivity contribution in [2.24, 2.45) is 5.92 Å². The maximum Gasteiger partial charge on any atom is 0.306 e. The maximum absolute atomic E-state index is 11.9. The molecule has 0 aliphatic carbocycles. The number of carboxylic acid groups (broad SMARTS) is 1. The quantitative estimate of drug-likeness (QED) is 0.840. The van der Waals surface area contributed by atoms with Crippen LogP contribution in [0.1, 0.15) is 34.8 Å². The average Bonchev–Trinajstić information content (AvgIpc) is 2.28. The van der Waals surface area contributed by atoms with Gasteiger partial charge in [0.1, 0.15) is 0 Å². The Morgan fingerprint density at radius 1 is 1.33 bits per heavy atom. The van der Waals surface area contributed by atoms with E-state index in [1.807, 2.05) is 26.0 Å². The number of nitrogens with one attached hydrogen (secondary N) is 1. The van der Waals surface area contributed by atoms with Crippen molar-refractivity contribution < 1.29 is 14.7 Å². The van der Waals surface area contributed by atoms with Gasteiger partial charge in [0.25, 0.3) is 5.91 Å². The monoisotopic (exact) mass is 249 g/mol. The highest BCUT2D eigenvalue weighted by molar-refractivity contribution is 5.95. The molecule has 1 unspecified atom stereocenters. The number of hydrogen-bond acceptors (Lipinski definition) is 2. The third kappa shape index (κ3) is 3.87. The lowest BCUT2D eigenvalue weighted by Gasteiger charge is -2.10. The van der Waals surface area contributed by atoms with Crippen molar-refractivity contribution >= 4 is 11.9 Å². The molecule has 0 aliphatic rings. The largest absolute Gasteiger partial charge is 0.481 e. The molecule has 0 aromatic heterocycles. The molecule has 18 heavy (non-hydrogen) atoms. The van der Waals surface area contributed by atoms with Crippen molar-refractivity contribution in [3.63, 3.8) is 0 Å². The molecule has 0 spiro atoms. The van der Waals surface area contributed by atoms with Crippen molar-refractivity contribution in [1.29, 1.82) is 0 Å². The van der Waals surface area contributed by atoms with Crippen molar-refractivity contribution in [3.8, 4) is 0 Å². The molecule has 1 amide bonds. The average molecular weight is 249 g/mol. The Morgan fingerprint density at radius 2 is 2.00 bits per heavy atom. The smallest absolute Gasteiger partial charge is 0.306 e. The number of carbonyl (C=O) groups excluding carboxylic acids is 1. The summed E-state index contributed by atoms with van der Waals surface area (Å²) in [6, 6.07) is 5.64. The van der Waals surface area contributed by atoms with Gasteiger partial charge in [0.2, 0.25) is 0 Å². The fourth-order valence-corrected chi connectivity index (χ4v) is 1.69. The summed E-state index contributed by atoms with van der Waals surface area (Å²) < 4.78 is 0. The molecule has 0 fully saturated rings. The lowest BCUT2D eigenvalue weighted by atomic mass is 10.0. The van der Waals surface area contributed by atoms with Gasteiger partial charge in [-0.2, -0.15) is 0 Å². The molecule has 4 heteroatoms. The zero-order valence-corrected chi connectivity index (χ0v) is 11.0. The van der Waals surface area contributed by atoms with Crippen LogP contribution in [0, 0.1) is 19.8 Å². The summed E-state index contributed by atoms with van der Waals surface area (Å²) in [4.78, 5) is 22.5. The highest BCUT2D eigenvalue weighted by atomic mass is 16.4. The SMILES string of the molecule is Cc1ccc(C(=O)NCCC(C)C(=O)O)c(C)c1. The van der Waals surface area contributed by atoms with Crippen LogP contribution in [-0.2, 0) is 4.79 Å². The fraction of sp³-hybridized carbons (Fsp3) is 0.429. The molecule has 98 valence electrons. The summed E-state index contributed by atoms with van der Waals surface area (Å²) in [5.41, 5.74) is 2.69. The van der Waals surface area contributed by atoms with Gasteiger partial charge in [-0.25, -0.2) is 0 Å². The Bertz CT molecular complexity index is 454. The third-order valence-corrected chi connectivity index (χ3v) is 2.91.